The van der Waals surface area contributed by atoms with E-state index in [1.54, 1.807) is 36.4 Å². The lowest BCUT2D eigenvalue weighted by Crippen LogP contribution is -2.19. The second kappa shape index (κ2) is 7.08. The average molecular weight is 437 g/mol. The zero-order valence-electron chi connectivity index (χ0n) is 10.2. The van der Waals surface area contributed by atoms with Crippen LogP contribution in [0.15, 0.2) is 48.5 Å². The third-order valence-electron chi connectivity index (χ3n) is 2.82. The minimum atomic E-state index is -0.371. The molecule has 0 unspecified atom stereocenters. The quantitative estimate of drug-likeness (QED) is 0.419. The van der Waals surface area contributed by atoms with Gasteiger partial charge in [0, 0.05) is 15.6 Å². The number of benzene rings is 2. The average Bonchev–Trinajstić information content (AvgIpc) is 2.46. The number of hydrogen-bond donors (Lipinski definition) is 0. The van der Waals surface area contributed by atoms with Crippen LogP contribution in [-0.2, 0) is 0 Å². The molecular weight excluding hydrogens is 427 g/mol. The Kier molecular flexibility index (Phi) is 5.67. The van der Waals surface area contributed by atoms with E-state index in [9.17, 15) is 4.79 Å². The summed E-state index contributed by atoms with van der Waals surface area (Å²) in [6.45, 7) is 0. The number of rotatable bonds is 4. The van der Waals surface area contributed by atoms with Crippen molar-refractivity contribution < 1.29 is 4.79 Å². The Hall–Kier alpha value is -0.350. The summed E-state index contributed by atoms with van der Waals surface area (Å²) in [4.78, 5) is 11.9. The lowest BCUT2D eigenvalue weighted by Gasteiger charge is -2.16. The van der Waals surface area contributed by atoms with Crippen molar-refractivity contribution in [1.82, 2.24) is 0 Å². The number of halogens is 4. The van der Waals surface area contributed by atoms with Gasteiger partial charge in [-0.25, -0.2) is 0 Å². The van der Waals surface area contributed by atoms with Gasteiger partial charge in [-0.2, -0.15) is 0 Å². The number of alkyl halides is 2. The molecule has 0 radical (unpaired) electrons. The van der Waals surface area contributed by atoms with Crippen molar-refractivity contribution in [3.63, 3.8) is 0 Å². The predicted octanol–water partition coefficient (Wildman–Crippen LogP) is 6.08. The molecule has 0 aliphatic rings. The maximum atomic E-state index is 12.4. The van der Waals surface area contributed by atoms with Crippen molar-refractivity contribution in [3.05, 3.63) is 69.7 Å². The fourth-order valence-corrected chi connectivity index (χ4v) is 3.09. The van der Waals surface area contributed by atoms with E-state index in [4.69, 9.17) is 23.2 Å². The number of hydrogen-bond acceptors (Lipinski definition) is 1. The normalized spacial score (nSPS) is 13.8. The molecule has 0 fully saturated rings. The van der Waals surface area contributed by atoms with Gasteiger partial charge in [0.25, 0.3) is 0 Å². The van der Waals surface area contributed by atoms with Gasteiger partial charge in [0.05, 0.1) is 9.65 Å². The van der Waals surface area contributed by atoms with Gasteiger partial charge in [0.2, 0.25) is 0 Å². The number of carbonyl (C=O) groups excluding carboxylic acids is 1. The van der Waals surface area contributed by atoms with E-state index >= 15 is 0 Å². The molecule has 0 N–H and O–H groups in total. The lowest BCUT2D eigenvalue weighted by atomic mass is 10.0. The smallest absolute Gasteiger partial charge is 0.177 e. The minimum Gasteiger partial charge on any atom is -0.293 e. The van der Waals surface area contributed by atoms with Crippen molar-refractivity contribution in [2.24, 2.45) is 0 Å². The highest BCUT2D eigenvalue weighted by molar-refractivity contribution is 9.12. The first kappa shape index (κ1) is 16.0. The molecule has 2 rings (SSSR count). The van der Waals surface area contributed by atoms with Gasteiger partial charge in [-0.1, -0.05) is 67.2 Å². The summed E-state index contributed by atoms with van der Waals surface area (Å²) in [5.74, 6) is -0.00140. The van der Waals surface area contributed by atoms with E-state index in [1.165, 1.54) is 0 Å². The maximum absolute atomic E-state index is 12.4. The molecule has 0 saturated carbocycles. The third-order valence-corrected chi connectivity index (χ3v) is 6.04. The Labute approximate surface area is 144 Å². The molecule has 0 aliphatic heterocycles. The summed E-state index contributed by atoms with van der Waals surface area (Å²) in [5, 5.41) is 1.28. The van der Waals surface area contributed by atoms with Gasteiger partial charge in [0.1, 0.15) is 0 Å². The van der Waals surface area contributed by atoms with E-state index in [1.807, 2.05) is 12.1 Å². The van der Waals surface area contributed by atoms with Gasteiger partial charge in [-0.05, 0) is 42.0 Å². The highest BCUT2D eigenvalue weighted by Crippen LogP contribution is 2.33. The largest absolute Gasteiger partial charge is 0.293 e. The first-order valence-electron chi connectivity index (χ1n) is 5.82. The van der Waals surface area contributed by atoms with Crippen LogP contribution in [0.1, 0.15) is 20.7 Å². The predicted molar refractivity (Wildman–Crippen MR) is 91.6 cm³/mol. The van der Waals surface area contributed by atoms with Gasteiger partial charge >= 0.3 is 0 Å². The van der Waals surface area contributed by atoms with E-state index in [-0.39, 0.29) is 15.4 Å². The Balaban J connectivity index is 2.17. The van der Waals surface area contributed by atoms with Crippen molar-refractivity contribution in [3.8, 4) is 0 Å². The molecule has 2 aromatic rings. The zero-order chi connectivity index (χ0) is 14.7. The highest BCUT2D eigenvalue weighted by Gasteiger charge is 2.25. The summed E-state index contributed by atoms with van der Waals surface area (Å²) in [6, 6.07) is 14.3. The van der Waals surface area contributed by atoms with Crippen LogP contribution in [0.5, 0.6) is 0 Å². The first-order chi connectivity index (χ1) is 9.49. The zero-order valence-corrected chi connectivity index (χ0v) is 14.9. The SMILES string of the molecule is O=C(c1ccc(Cl)cc1)[C@@H](Br)[C@H](Br)c1ccc(Cl)cc1. The molecule has 20 heavy (non-hydrogen) atoms. The maximum Gasteiger partial charge on any atom is 0.177 e. The molecule has 0 saturated heterocycles. The van der Waals surface area contributed by atoms with Gasteiger partial charge < -0.3 is 0 Å². The van der Waals surface area contributed by atoms with Crippen LogP contribution < -0.4 is 0 Å². The van der Waals surface area contributed by atoms with E-state index in [0.717, 1.165) is 5.56 Å². The molecule has 2 aromatic carbocycles. The molecule has 2 atom stereocenters. The van der Waals surface area contributed by atoms with E-state index in [2.05, 4.69) is 31.9 Å². The van der Waals surface area contributed by atoms with Crippen LogP contribution in [-0.4, -0.2) is 10.6 Å². The molecule has 104 valence electrons. The Morgan fingerprint density at radius 1 is 0.850 bits per heavy atom. The fourth-order valence-electron chi connectivity index (χ4n) is 1.72. The number of ketones is 1. The highest BCUT2D eigenvalue weighted by atomic mass is 79.9. The van der Waals surface area contributed by atoms with Crippen LogP contribution in [0.4, 0.5) is 0 Å². The van der Waals surface area contributed by atoms with Crippen molar-refractivity contribution in [2.45, 2.75) is 9.65 Å². The molecule has 0 heterocycles. The monoisotopic (exact) mass is 434 g/mol. The third kappa shape index (κ3) is 3.85. The van der Waals surface area contributed by atoms with E-state index in [0.29, 0.717) is 15.6 Å². The molecule has 5 heteroatoms. The molecule has 0 bridgehead atoms. The molecule has 0 spiro atoms. The summed E-state index contributed by atoms with van der Waals surface area (Å²) in [5.41, 5.74) is 1.60. The van der Waals surface area contributed by atoms with Crippen molar-refractivity contribution in [2.75, 3.05) is 0 Å². The summed E-state index contributed by atoms with van der Waals surface area (Å²) < 4.78 is 0. The standard InChI is InChI=1S/C15H10Br2Cl2O/c16-13(9-1-5-11(18)6-2-9)14(17)15(20)10-3-7-12(19)8-4-10/h1-8,13-14H/t13-,14+/m1/s1. The van der Waals surface area contributed by atoms with Crippen molar-refractivity contribution in [1.29, 1.82) is 0 Å². The van der Waals surface area contributed by atoms with Crippen LogP contribution in [0.25, 0.3) is 0 Å². The van der Waals surface area contributed by atoms with Gasteiger partial charge in [0.15, 0.2) is 5.78 Å². The Morgan fingerprint density at radius 2 is 1.30 bits per heavy atom. The summed E-state index contributed by atoms with van der Waals surface area (Å²) in [6.07, 6.45) is 0. The minimum absolute atomic E-state index is 0.00140. The second-order valence-electron chi connectivity index (χ2n) is 4.23. The molecule has 0 amide bonds. The van der Waals surface area contributed by atoms with Crippen LogP contribution in [0.2, 0.25) is 10.0 Å². The lowest BCUT2D eigenvalue weighted by molar-refractivity contribution is 0.0991. The molecule has 0 aromatic heterocycles. The summed E-state index contributed by atoms with van der Waals surface area (Å²) >= 11 is 18.7. The molecule has 0 aliphatic carbocycles. The molecular formula is C15H10Br2Cl2O. The number of Topliss-reactive ketones (excluding diaryl/α,β-unsaturated/α-hetero) is 1. The fraction of sp³-hybridized carbons (Fsp3) is 0.133. The van der Waals surface area contributed by atoms with Crippen LogP contribution in [0.3, 0.4) is 0 Å². The number of carbonyl (C=O) groups is 1. The van der Waals surface area contributed by atoms with Crippen LogP contribution in [0, 0.1) is 0 Å². The van der Waals surface area contributed by atoms with Crippen molar-refractivity contribution >= 4 is 60.8 Å². The summed E-state index contributed by atoms with van der Waals surface area (Å²) in [7, 11) is 0. The van der Waals surface area contributed by atoms with Gasteiger partial charge in [-0.3, -0.25) is 4.79 Å². The Bertz CT molecular complexity index is 596. The first-order valence-corrected chi connectivity index (χ1v) is 8.41. The Morgan fingerprint density at radius 3 is 1.80 bits per heavy atom. The van der Waals surface area contributed by atoms with Crippen LogP contribution >= 0.6 is 55.1 Å². The topological polar surface area (TPSA) is 17.1 Å². The van der Waals surface area contributed by atoms with Gasteiger partial charge in [-0.15, -0.1) is 0 Å². The molecule has 1 nitrogen and oxygen atoms in total. The second-order valence-corrected chi connectivity index (χ2v) is 7.07. The van der Waals surface area contributed by atoms with E-state index < -0.39 is 0 Å².